The Hall–Kier alpha value is -3.12. The molecule has 0 saturated carbocycles. The number of anilines is 1. The molecule has 4 amide bonds. The first-order valence-corrected chi connectivity index (χ1v) is 8.77. The van der Waals surface area contributed by atoms with Crippen LogP contribution in [0.3, 0.4) is 0 Å². The van der Waals surface area contributed by atoms with Crippen LogP contribution < -0.4 is 15.0 Å². The predicted octanol–water partition coefficient (Wildman–Crippen LogP) is 3.33. The molecular weight excluding hydrogens is 368 g/mol. The molecule has 2 heterocycles. The summed E-state index contributed by atoms with van der Waals surface area (Å²) >= 11 is 5.96. The van der Waals surface area contributed by atoms with E-state index < -0.39 is 17.8 Å². The van der Waals surface area contributed by atoms with Gasteiger partial charge in [0.25, 0.3) is 11.8 Å². The molecule has 0 aliphatic carbocycles. The van der Waals surface area contributed by atoms with Crippen molar-refractivity contribution in [2.45, 2.75) is 19.4 Å². The first kappa shape index (κ1) is 17.3. The van der Waals surface area contributed by atoms with Gasteiger partial charge in [-0.3, -0.25) is 14.9 Å². The summed E-state index contributed by atoms with van der Waals surface area (Å²) in [5.74, 6) is -0.621. The minimum Gasteiger partial charge on any atom is -0.490 e. The number of rotatable bonds is 2. The fourth-order valence-corrected chi connectivity index (χ4v) is 3.39. The predicted molar refractivity (Wildman–Crippen MR) is 101 cm³/mol. The van der Waals surface area contributed by atoms with E-state index in [2.05, 4.69) is 5.32 Å². The number of ether oxygens (including phenoxy) is 1. The van der Waals surface area contributed by atoms with Gasteiger partial charge in [-0.25, -0.2) is 9.69 Å². The lowest BCUT2D eigenvalue weighted by molar-refractivity contribution is -0.122. The maximum Gasteiger partial charge on any atom is 0.335 e. The number of carbonyl (C=O) groups excluding carboxylic acids is 3. The summed E-state index contributed by atoms with van der Waals surface area (Å²) < 4.78 is 5.66. The number of halogens is 1. The Morgan fingerprint density at radius 2 is 2.00 bits per heavy atom. The second kappa shape index (κ2) is 6.55. The molecule has 136 valence electrons. The Kier molecular flexibility index (Phi) is 4.20. The van der Waals surface area contributed by atoms with Crippen molar-refractivity contribution in [3.05, 3.63) is 64.2 Å². The Morgan fingerprint density at radius 1 is 1.19 bits per heavy atom. The Balaban J connectivity index is 1.71. The summed E-state index contributed by atoms with van der Waals surface area (Å²) in [5.41, 5.74) is 1.87. The highest BCUT2D eigenvalue weighted by atomic mass is 35.5. The zero-order chi connectivity index (χ0) is 19.1. The molecule has 2 aliphatic rings. The number of hydrogen-bond acceptors (Lipinski definition) is 4. The fraction of sp³-hybridized carbons (Fsp3) is 0.150. The van der Waals surface area contributed by atoms with Gasteiger partial charge in [-0.05, 0) is 54.5 Å². The second-order valence-corrected chi connectivity index (χ2v) is 6.87. The molecule has 6 nitrogen and oxygen atoms in total. The number of nitrogens with one attached hydrogen (secondary N) is 1. The second-order valence-electron chi connectivity index (χ2n) is 6.44. The summed E-state index contributed by atoms with van der Waals surface area (Å²) in [7, 11) is 0. The molecule has 2 aromatic rings. The molecule has 0 unspecified atom stereocenters. The molecule has 0 spiro atoms. The number of fused-ring (bicyclic) bond motifs is 1. The van der Waals surface area contributed by atoms with Crippen molar-refractivity contribution in [2.75, 3.05) is 4.90 Å². The van der Waals surface area contributed by atoms with Crippen LogP contribution in [0.4, 0.5) is 10.5 Å². The van der Waals surface area contributed by atoms with E-state index in [0.29, 0.717) is 16.3 Å². The minimum atomic E-state index is -0.805. The molecule has 7 heteroatoms. The maximum absolute atomic E-state index is 12.9. The van der Waals surface area contributed by atoms with Crippen molar-refractivity contribution in [2.24, 2.45) is 0 Å². The molecule has 0 bridgehead atoms. The molecule has 27 heavy (non-hydrogen) atoms. The molecule has 1 fully saturated rings. The van der Waals surface area contributed by atoms with Gasteiger partial charge >= 0.3 is 6.03 Å². The summed E-state index contributed by atoms with van der Waals surface area (Å²) in [5, 5.41) is 2.58. The summed E-state index contributed by atoms with van der Waals surface area (Å²) in [4.78, 5) is 38.2. The average molecular weight is 383 g/mol. The van der Waals surface area contributed by atoms with E-state index >= 15 is 0 Å². The van der Waals surface area contributed by atoms with Crippen molar-refractivity contribution >= 4 is 41.2 Å². The monoisotopic (exact) mass is 382 g/mol. The molecule has 1 N–H and O–H groups in total. The minimum absolute atomic E-state index is 0.0958. The molecule has 0 aromatic heterocycles. The highest BCUT2D eigenvalue weighted by Crippen LogP contribution is 2.30. The highest BCUT2D eigenvalue weighted by Gasteiger charge is 2.37. The summed E-state index contributed by atoms with van der Waals surface area (Å²) in [6, 6.07) is 11.0. The fourth-order valence-electron chi connectivity index (χ4n) is 3.21. The van der Waals surface area contributed by atoms with Crippen molar-refractivity contribution in [3.63, 3.8) is 0 Å². The molecule has 2 aromatic carbocycles. The van der Waals surface area contributed by atoms with E-state index in [1.54, 1.807) is 24.3 Å². The van der Waals surface area contributed by atoms with E-state index in [-0.39, 0.29) is 11.7 Å². The van der Waals surface area contributed by atoms with Crippen LogP contribution in [0.1, 0.15) is 18.1 Å². The van der Waals surface area contributed by atoms with Gasteiger partial charge in [-0.2, -0.15) is 0 Å². The lowest BCUT2D eigenvalue weighted by Gasteiger charge is -2.26. The SMILES string of the molecule is C[C@@H]1Cc2cc(/C=C3\C(=O)NC(=O)N(c4cccc(Cl)c4)C3=O)ccc2O1. The van der Waals surface area contributed by atoms with E-state index in [1.807, 2.05) is 19.1 Å². The largest absolute Gasteiger partial charge is 0.490 e. The summed E-state index contributed by atoms with van der Waals surface area (Å²) in [6.45, 7) is 1.98. The zero-order valence-electron chi connectivity index (χ0n) is 14.4. The number of hydrogen-bond donors (Lipinski definition) is 1. The standard InChI is InChI=1S/C20H15ClN2O4/c1-11-7-13-8-12(5-6-17(13)27-11)9-16-18(24)22-20(26)23(19(16)25)15-4-2-3-14(21)10-15/h2-6,8-11H,7H2,1H3,(H,22,24,26)/b16-9+/t11-/m1/s1. The van der Waals surface area contributed by atoms with Crippen LogP contribution in [0.5, 0.6) is 5.75 Å². The zero-order valence-corrected chi connectivity index (χ0v) is 15.1. The van der Waals surface area contributed by atoms with Crippen LogP contribution in [-0.4, -0.2) is 23.9 Å². The molecule has 1 saturated heterocycles. The molecule has 4 rings (SSSR count). The molecule has 1 atom stereocenters. The van der Waals surface area contributed by atoms with Gasteiger partial charge in [-0.15, -0.1) is 0 Å². The highest BCUT2D eigenvalue weighted by molar-refractivity contribution is 6.39. The van der Waals surface area contributed by atoms with Gasteiger partial charge in [0, 0.05) is 11.4 Å². The van der Waals surface area contributed by atoms with E-state index in [4.69, 9.17) is 16.3 Å². The lowest BCUT2D eigenvalue weighted by atomic mass is 10.0. The van der Waals surface area contributed by atoms with Gasteiger partial charge in [0.2, 0.25) is 0 Å². The van der Waals surface area contributed by atoms with Crippen LogP contribution in [0, 0.1) is 0 Å². The number of barbiturate groups is 1. The smallest absolute Gasteiger partial charge is 0.335 e. The Morgan fingerprint density at radius 3 is 2.78 bits per heavy atom. The van der Waals surface area contributed by atoms with Crippen LogP contribution in [0.25, 0.3) is 6.08 Å². The third kappa shape index (κ3) is 3.19. The van der Waals surface area contributed by atoms with Crippen LogP contribution in [0.15, 0.2) is 48.0 Å². The van der Waals surface area contributed by atoms with Gasteiger partial charge in [0.05, 0.1) is 5.69 Å². The maximum atomic E-state index is 12.9. The first-order chi connectivity index (χ1) is 12.9. The van der Waals surface area contributed by atoms with Crippen molar-refractivity contribution in [1.82, 2.24) is 5.32 Å². The van der Waals surface area contributed by atoms with Crippen LogP contribution in [0.2, 0.25) is 5.02 Å². The Bertz CT molecular complexity index is 1010. The summed E-state index contributed by atoms with van der Waals surface area (Å²) in [6.07, 6.45) is 2.34. The van der Waals surface area contributed by atoms with E-state index in [1.165, 1.54) is 12.1 Å². The third-order valence-corrected chi connectivity index (χ3v) is 4.63. The van der Waals surface area contributed by atoms with Gasteiger partial charge in [-0.1, -0.05) is 23.7 Å². The van der Waals surface area contributed by atoms with Gasteiger partial charge < -0.3 is 4.74 Å². The Labute approximate surface area is 160 Å². The lowest BCUT2D eigenvalue weighted by Crippen LogP contribution is -2.54. The van der Waals surface area contributed by atoms with E-state index in [0.717, 1.165) is 22.6 Å². The molecular formula is C20H15ClN2O4. The van der Waals surface area contributed by atoms with Crippen molar-refractivity contribution < 1.29 is 19.1 Å². The van der Waals surface area contributed by atoms with Crippen molar-refractivity contribution in [3.8, 4) is 5.75 Å². The van der Waals surface area contributed by atoms with Crippen LogP contribution >= 0.6 is 11.6 Å². The average Bonchev–Trinajstić information content (AvgIpc) is 2.98. The number of carbonyl (C=O) groups is 3. The third-order valence-electron chi connectivity index (χ3n) is 4.40. The normalized spacial score (nSPS) is 20.5. The molecule has 0 radical (unpaired) electrons. The number of urea groups is 1. The number of benzene rings is 2. The number of nitrogens with zero attached hydrogens (tertiary/aromatic N) is 1. The van der Waals surface area contributed by atoms with E-state index in [9.17, 15) is 14.4 Å². The quantitative estimate of drug-likeness (QED) is 0.638. The van der Waals surface area contributed by atoms with Gasteiger partial charge in [0.1, 0.15) is 17.4 Å². The van der Waals surface area contributed by atoms with Crippen molar-refractivity contribution in [1.29, 1.82) is 0 Å². The van der Waals surface area contributed by atoms with Gasteiger partial charge in [0.15, 0.2) is 0 Å². The molecule has 2 aliphatic heterocycles. The number of imide groups is 2. The first-order valence-electron chi connectivity index (χ1n) is 8.39. The number of amides is 4. The topological polar surface area (TPSA) is 75.7 Å². The van der Waals surface area contributed by atoms with Crippen LogP contribution in [-0.2, 0) is 16.0 Å².